The number of carbonyl (C=O) groups is 2. The lowest BCUT2D eigenvalue weighted by molar-refractivity contribution is 0.0923. The van der Waals surface area contributed by atoms with Gasteiger partial charge in [-0.15, -0.1) is 0 Å². The topological polar surface area (TPSA) is 113 Å². The minimum Gasteiger partial charge on any atom is -0.505 e. The summed E-state index contributed by atoms with van der Waals surface area (Å²) in [6.45, 7) is 0.410. The van der Waals surface area contributed by atoms with Gasteiger partial charge in [-0.05, 0) is 18.2 Å². The zero-order valence-corrected chi connectivity index (χ0v) is 12.4. The molecule has 0 radical (unpaired) electrons. The number of aromatic hydroxyl groups is 1. The summed E-state index contributed by atoms with van der Waals surface area (Å²) in [5.41, 5.74) is 0.300. The molecule has 0 aliphatic carbocycles. The summed E-state index contributed by atoms with van der Waals surface area (Å²) in [4.78, 5) is 31.4. The normalized spacial score (nSPS) is 9.96. The molecule has 3 N–H and O–H groups in total. The van der Waals surface area contributed by atoms with E-state index in [0.717, 1.165) is 0 Å². The van der Waals surface area contributed by atoms with Crippen LogP contribution in [0.2, 0.25) is 0 Å². The average molecular weight is 316 g/mol. The van der Waals surface area contributed by atoms with E-state index in [-0.39, 0.29) is 30.4 Å². The van der Waals surface area contributed by atoms with Gasteiger partial charge in [0, 0.05) is 25.5 Å². The third kappa shape index (κ3) is 4.40. The van der Waals surface area contributed by atoms with Crippen molar-refractivity contribution < 1.29 is 19.4 Å². The van der Waals surface area contributed by atoms with Crippen LogP contribution in [0.1, 0.15) is 20.8 Å². The minimum atomic E-state index is -0.514. The predicted molar refractivity (Wildman–Crippen MR) is 81.4 cm³/mol. The average Bonchev–Trinajstić information content (AvgIpc) is 2.58. The molecule has 2 amide bonds. The molecule has 0 bridgehead atoms. The second-order valence-corrected chi connectivity index (χ2v) is 4.50. The maximum Gasteiger partial charge on any atom is 0.273 e. The fourth-order valence-electron chi connectivity index (χ4n) is 1.76. The number of hydrogen-bond donors (Lipinski definition) is 3. The van der Waals surface area contributed by atoms with Crippen molar-refractivity contribution in [1.82, 2.24) is 20.6 Å². The molecule has 0 saturated heterocycles. The molecule has 23 heavy (non-hydrogen) atoms. The van der Waals surface area contributed by atoms with Gasteiger partial charge in [0.25, 0.3) is 11.8 Å². The second-order valence-electron chi connectivity index (χ2n) is 4.50. The van der Waals surface area contributed by atoms with Crippen molar-refractivity contribution >= 4 is 11.8 Å². The summed E-state index contributed by atoms with van der Waals surface area (Å²) < 4.78 is 4.99. The third-order valence-corrected chi connectivity index (χ3v) is 2.91. The number of ether oxygens (including phenoxy) is 1. The van der Waals surface area contributed by atoms with Crippen LogP contribution in [-0.2, 0) is 0 Å². The van der Waals surface area contributed by atoms with Crippen molar-refractivity contribution in [2.45, 2.75) is 0 Å². The first kappa shape index (κ1) is 16.2. The first-order chi connectivity index (χ1) is 11.1. The van der Waals surface area contributed by atoms with Gasteiger partial charge in [0.1, 0.15) is 11.5 Å². The van der Waals surface area contributed by atoms with E-state index >= 15 is 0 Å². The van der Waals surface area contributed by atoms with Crippen molar-refractivity contribution in [1.29, 1.82) is 0 Å². The highest BCUT2D eigenvalue weighted by molar-refractivity contribution is 5.95. The quantitative estimate of drug-likeness (QED) is 0.663. The number of pyridine rings is 2. The summed E-state index contributed by atoms with van der Waals surface area (Å²) in [6.07, 6.45) is 4.32. The summed E-state index contributed by atoms with van der Waals surface area (Å²) in [5.74, 6) is -0.556. The molecule has 2 rings (SSSR count). The number of nitrogens with zero attached hydrogens (tertiary/aromatic N) is 2. The van der Waals surface area contributed by atoms with Gasteiger partial charge in [0.05, 0.1) is 18.9 Å². The van der Waals surface area contributed by atoms with Crippen LogP contribution in [0.5, 0.6) is 11.5 Å². The number of amides is 2. The second kappa shape index (κ2) is 7.74. The molecule has 8 nitrogen and oxygen atoms in total. The zero-order chi connectivity index (χ0) is 16.7. The van der Waals surface area contributed by atoms with Crippen LogP contribution in [0.25, 0.3) is 0 Å². The minimum absolute atomic E-state index is 0.0594. The summed E-state index contributed by atoms with van der Waals surface area (Å²) in [6, 6.07) is 4.46. The molecule has 2 heterocycles. The van der Waals surface area contributed by atoms with E-state index in [4.69, 9.17) is 4.74 Å². The Bertz CT molecular complexity index is 705. The molecule has 0 unspecified atom stereocenters. The van der Waals surface area contributed by atoms with E-state index in [1.54, 1.807) is 6.07 Å². The lowest BCUT2D eigenvalue weighted by Crippen LogP contribution is -2.35. The zero-order valence-electron chi connectivity index (χ0n) is 12.4. The van der Waals surface area contributed by atoms with Gasteiger partial charge in [-0.3, -0.25) is 14.6 Å². The first-order valence-corrected chi connectivity index (χ1v) is 6.81. The maximum absolute atomic E-state index is 11.9. The Hall–Kier alpha value is -3.16. The Morgan fingerprint density at radius 2 is 1.96 bits per heavy atom. The monoisotopic (exact) mass is 316 g/mol. The van der Waals surface area contributed by atoms with Crippen LogP contribution in [0.15, 0.2) is 36.8 Å². The van der Waals surface area contributed by atoms with Crippen molar-refractivity contribution in [2.24, 2.45) is 0 Å². The molecule has 0 fully saturated rings. The lowest BCUT2D eigenvalue weighted by Gasteiger charge is -2.08. The molecule has 0 spiro atoms. The number of carbonyl (C=O) groups excluding carboxylic acids is 2. The largest absolute Gasteiger partial charge is 0.505 e. The van der Waals surface area contributed by atoms with E-state index in [2.05, 4.69) is 20.6 Å². The molecule has 2 aromatic heterocycles. The fraction of sp³-hybridized carbons (Fsp3) is 0.200. The smallest absolute Gasteiger partial charge is 0.273 e. The van der Waals surface area contributed by atoms with Crippen LogP contribution >= 0.6 is 0 Å². The highest BCUT2D eigenvalue weighted by atomic mass is 16.5. The molecule has 0 atom stereocenters. The molecular formula is C15H16N4O4. The molecule has 0 saturated carbocycles. The van der Waals surface area contributed by atoms with E-state index in [1.807, 2.05) is 0 Å². The first-order valence-electron chi connectivity index (χ1n) is 6.81. The fourth-order valence-corrected chi connectivity index (χ4v) is 1.76. The molecule has 0 aliphatic rings. The molecule has 120 valence electrons. The molecule has 2 aromatic rings. The van der Waals surface area contributed by atoms with Gasteiger partial charge < -0.3 is 20.5 Å². The standard InChI is InChI=1S/C15H16N4O4/c1-23-11-7-10(8-16-9-11)14(21)18-5-6-19-15(22)13-12(20)3-2-4-17-13/h2-4,7-9,20H,5-6H2,1H3,(H,18,21)(H,19,22). The third-order valence-electron chi connectivity index (χ3n) is 2.91. The summed E-state index contributed by atoms with van der Waals surface area (Å²) >= 11 is 0. The van der Waals surface area contributed by atoms with Crippen LogP contribution in [0.3, 0.4) is 0 Å². The predicted octanol–water partition coefficient (Wildman–Crippen LogP) is 0.351. The molecule has 8 heteroatoms. The summed E-state index contributed by atoms with van der Waals surface area (Å²) in [7, 11) is 1.49. The summed E-state index contributed by atoms with van der Waals surface area (Å²) in [5, 5.41) is 14.7. The van der Waals surface area contributed by atoms with Crippen LogP contribution < -0.4 is 15.4 Å². The molecule has 0 aromatic carbocycles. The molecular weight excluding hydrogens is 300 g/mol. The van der Waals surface area contributed by atoms with Crippen LogP contribution in [-0.4, -0.2) is 47.1 Å². The van der Waals surface area contributed by atoms with Crippen molar-refractivity contribution in [2.75, 3.05) is 20.2 Å². The highest BCUT2D eigenvalue weighted by Crippen LogP contribution is 2.12. The van der Waals surface area contributed by atoms with E-state index in [9.17, 15) is 14.7 Å². The Labute approximate surface area is 132 Å². The van der Waals surface area contributed by atoms with Crippen molar-refractivity contribution in [3.63, 3.8) is 0 Å². The maximum atomic E-state index is 11.9. The van der Waals surface area contributed by atoms with Gasteiger partial charge in [-0.25, -0.2) is 4.98 Å². The Balaban J connectivity index is 1.80. The van der Waals surface area contributed by atoms with Crippen molar-refractivity contribution in [3.05, 3.63) is 48.0 Å². The van der Waals surface area contributed by atoms with E-state index < -0.39 is 5.91 Å². The number of hydrogen-bond acceptors (Lipinski definition) is 6. The van der Waals surface area contributed by atoms with Gasteiger partial charge in [-0.2, -0.15) is 0 Å². The van der Waals surface area contributed by atoms with Crippen LogP contribution in [0.4, 0.5) is 0 Å². The highest BCUT2D eigenvalue weighted by Gasteiger charge is 2.11. The van der Waals surface area contributed by atoms with Gasteiger partial charge >= 0.3 is 0 Å². The van der Waals surface area contributed by atoms with E-state index in [1.165, 1.54) is 37.8 Å². The Morgan fingerprint density at radius 3 is 2.65 bits per heavy atom. The number of nitrogens with one attached hydrogen (secondary N) is 2. The van der Waals surface area contributed by atoms with Crippen LogP contribution in [0, 0.1) is 0 Å². The Kier molecular flexibility index (Phi) is 5.45. The molecule has 0 aliphatic heterocycles. The SMILES string of the molecule is COc1cncc(C(=O)NCCNC(=O)c2ncccc2O)c1. The number of methoxy groups -OCH3 is 1. The van der Waals surface area contributed by atoms with Gasteiger partial charge in [-0.1, -0.05) is 0 Å². The van der Waals surface area contributed by atoms with Gasteiger partial charge in [0.2, 0.25) is 0 Å². The van der Waals surface area contributed by atoms with E-state index in [0.29, 0.717) is 11.3 Å². The van der Waals surface area contributed by atoms with Gasteiger partial charge in [0.15, 0.2) is 5.69 Å². The van der Waals surface area contributed by atoms with Crippen molar-refractivity contribution in [3.8, 4) is 11.5 Å². The Morgan fingerprint density at radius 1 is 1.22 bits per heavy atom. The number of rotatable bonds is 6. The lowest BCUT2D eigenvalue weighted by atomic mass is 10.2. The number of aromatic nitrogens is 2.